The second-order valence-electron chi connectivity index (χ2n) is 5.47. The van der Waals surface area contributed by atoms with Crippen molar-refractivity contribution in [3.8, 4) is 0 Å². The Bertz CT molecular complexity index is 430. The summed E-state index contributed by atoms with van der Waals surface area (Å²) in [6, 6.07) is 6.79. The van der Waals surface area contributed by atoms with E-state index in [1.165, 1.54) is 5.56 Å². The summed E-state index contributed by atoms with van der Waals surface area (Å²) in [5.74, 6) is 0. The van der Waals surface area contributed by atoms with Crippen LogP contribution in [-0.2, 0) is 9.48 Å². The Morgan fingerprint density at radius 3 is 2.58 bits per heavy atom. The fourth-order valence-corrected chi connectivity index (χ4v) is 2.80. The van der Waals surface area contributed by atoms with Crippen LogP contribution in [-0.4, -0.2) is 25.5 Å². The molecule has 1 aliphatic heterocycles. The molecule has 4 heteroatoms. The molecule has 2 rings (SSSR count). The highest BCUT2D eigenvalue weighted by molar-refractivity contribution is 7.99. The number of hydrogen-bond donors (Lipinski definition) is 1. The van der Waals surface area contributed by atoms with Crippen LogP contribution in [0.2, 0.25) is 5.02 Å². The molecule has 0 aromatic heterocycles. The molecule has 0 saturated carbocycles. The van der Waals surface area contributed by atoms with E-state index < -0.39 is 0 Å². The van der Waals surface area contributed by atoms with Gasteiger partial charge in [-0.05, 0) is 56.7 Å². The number of benzene rings is 1. The molecule has 1 aliphatic rings. The predicted octanol–water partition coefficient (Wildman–Crippen LogP) is 4.53. The van der Waals surface area contributed by atoms with E-state index in [2.05, 4.69) is 37.6 Å². The van der Waals surface area contributed by atoms with Crippen molar-refractivity contribution in [3.63, 3.8) is 0 Å². The second-order valence-corrected chi connectivity index (χ2v) is 7.34. The van der Waals surface area contributed by atoms with Crippen LogP contribution in [0.1, 0.15) is 32.3 Å². The average Bonchev–Trinajstić information content (AvgIpc) is 2.39. The molecule has 0 spiro atoms. The molecule has 0 amide bonds. The van der Waals surface area contributed by atoms with Gasteiger partial charge in [-0.3, -0.25) is 0 Å². The molecule has 19 heavy (non-hydrogen) atoms. The Labute approximate surface area is 125 Å². The maximum atomic E-state index is 6.26. The summed E-state index contributed by atoms with van der Waals surface area (Å²) in [5, 5.41) is 4.38. The number of halogens is 1. The number of nitrogens with one attached hydrogen (secondary N) is 1. The second kappa shape index (κ2) is 6.38. The highest BCUT2D eigenvalue weighted by Crippen LogP contribution is 2.36. The van der Waals surface area contributed by atoms with Gasteiger partial charge >= 0.3 is 0 Å². The Balaban J connectivity index is 2.16. The number of rotatable bonds is 4. The minimum atomic E-state index is 0.0804. The Hall–Kier alpha value is -0.380. The normalized spacial score (nSPS) is 17.5. The molecule has 2 nitrogen and oxygen atoms in total. The van der Waals surface area contributed by atoms with Gasteiger partial charge in [-0.1, -0.05) is 11.6 Å². The zero-order chi connectivity index (χ0) is 13.9. The van der Waals surface area contributed by atoms with E-state index in [1.54, 1.807) is 0 Å². The standard InChI is InChI=1S/C15H22ClNOS/c1-15(2,19-3)11-8-12(16)10-14(9-11)17-13-4-6-18-7-5-13/h8-10,13,17H,4-7H2,1-3H3. The molecule has 1 N–H and O–H groups in total. The fourth-order valence-electron chi connectivity index (χ4n) is 2.22. The highest BCUT2D eigenvalue weighted by atomic mass is 35.5. The first kappa shape index (κ1) is 15.0. The van der Waals surface area contributed by atoms with Gasteiger partial charge in [0.2, 0.25) is 0 Å². The molecule has 0 radical (unpaired) electrons. The van der Waals surface area contributed by atoms with Gasteiger partial charge in [0.05, 0.1) is 0 Å². The van der Waals surface area contributed by atoms with Crippen LogP contribution in [0.5, 0.6) is 0 Å². The third-order valence-corrected chi connectivity index (χ3v) is 5.17. The van der Waals surface area contributed by atoms with Crippen molar-refractivity contribution >= 4 is 29.1 Å². The summed E-state index contributed by atoms with van der Waals surface area (Å²) < 4.78 is 5.47. The highest BCUT2D eigenvalue weighted by Gasteiger charge is 2.21. The molecular formula is C15H22ClNOS. The van der Waals surface area contributed by atoms with Crippen LogP contribution in [0, 0.1) is 0 Å². The lowest BCUT2D eigenvalue weighted by atomic mass is 10.0. The van der Waals surface area contributed by atoms with Crippen molar-refractivity contribution in [2.75, 3.05) is 24.8 Å². The average molecular weight is 300 g/mol. The first-order valence-corrected chi connectivity index (χ1v) is 8.32. The van der Waals surface area contributed by atoms with E-state index >= 15 is 0 Å². The number of ether oxygens (including phenoxy) is 1. The van der Waals surface area contributed by atoms with E-state index in [4.69, 9.17) is 16.3 Å². The van der Waals surface area contributed by atoms with Crippen molar-refractivity contribution in [2.24, 2.45) is 0 Å². The smallest absolute Gasteiger partial charge is 0.0485 e. The van der Waals surface area contributed by atoms with E-state index in [0.717, 1.165) is 36.8 Å². The summed E-state index contributed by atoms with van der Waals surface area (Å²) in [7, 11) is 0. The van der Waals surface area contributed by atoms with Gasteiger partial charge in [-0.2, -0.15) is 11.8 Å². The van der Waals surface area contributed by atoms with Gasteiger partial charge in [0, 0.05) is 34.7 Å². The minimum absolute atomic E-state index is 0.0804. The summed E-state index contributed by atoms with van der Waals surface area (Å²) in [6.07, 6.45) is 4.26. The molecule has 1 fully saturated rings. The zero-order valence-corrected chi connectivity index (χ0v) is 13.4. The van der Waals surface area contributed by atoms with E-state index in [1.807, 2.05) is 17.8 Å². The minimum Gasteiger partial charge on any atom is -0.382 e. The van der Waals surface area contributed by atoms with Crippen molar-refractivity contribution in [1.29, 1.82) is 0 Å². The van der Waals surface area contributed by atoms with Crippen molar-refractivity contribution in [1.82, 2.24) is 0 Å². The lowest BCUT2D eigenvalue weighted by Crippen LogP contribution is -2.28. The SMILES string of the molecule is CSC(C)(C)c1cc(Cl)cc(NC2CCOCC2)c1. The Kier molecular flexibility index (Phi) is 5.04. The monoisotopic (exact) mass is 299 g/mol. The van der Waals surface area contributed by atoms with Crippen LogP contribution in [0.4, 0.5) is 5.69 Å². The summed E-state index contributed by atoms with van der Waals surface area (Å²) in [6.45, 7) is 6.14. The molecule has 1 aromatic rings. The first-order chi connectivity index (χ1) is 9.01. The molecular weight excluding hydrogens is 278 g/mol. The molecule has 0 bridgehead atoms. The topological polar surface area (TPSA) is 21.3 Å². The van der Waals surface area contributed by atoms with Gasteiger partial charge in [-0.25, -0.2) is 0 Å². The number of thioether (sulfide) groups is 1. The van der Waals surface area contributed by atoms with Gasteiger partial charge in [0.15, 0.2) is 0 Å². The van der Waals surface area contributed by atoms with Crippen LogP contribution in [0.25, 0.3) is 0 Å². The first-order valence-electron chi connectivity index (χ1n) is 6.72. The van der Waals surface area contributed by atoms with Gasteiger partial charge < -0.3 is 10.1 Å². The Morgan fingerprint density at radius 1 is 1.26 bits per heavy atom. The maximum Gasteiger partial charge on any atom is 0.0485 e. The summed E-state index contributed by atoms with van der Waals surface area (Å²) >= 11 is 8.09. The van der Waals surface area contributed by atoms with Crippen molar-refractivity contribution in [2.45, 2.75) is 37.5 Å². The summed E-state index contributed by atoms with van der Waals surface area (Å²) in [4.78, 5) is 0. The number of hydrogen-bond acceptors (Lipinski definition) is 3. The Morgan fingerprint density at radius 2 is 1.95 bits per heavy atom. The summed E-state index contributed by atoms with van der Waals surface area (Å²) in [5.41, 5.74) is 2.39. The number of anilines is 1. The molecule has 1 heterocycles. The van der Waals surface area contributed by atoms with Crippen LogP contribution in [0.15, 0.2) is 18.2 Å². The molecule has 0 unspecified atom stereocenters. The maximum absolute atomic E-state index is 6.26. The zero-order valence-electron chi connectivity index (χ0n) is 11.8. The molecule has 1 saturated heterocycles. The molecule has 0 atom stereocenters. The van der Waals surface area contributed by atoms with Gasteiger partial charge in [0.25, 0.3) is 0 Å². The van der Waals surface area contributed by atoms with Crippen molar-refractivity contribution in [3.05, 3.63) is 28.8 Å². The van der Waals surface area contributed by atoms with Crippen LogP contribution in [0.3, 0.4) is 0 Å². The van der Waals surface area contributed by atoms with Crippen molar-refractivity contribution < 1.29 is 4.74 Å². The van der Waals surface area contributed by atoms with Crippen LogP contribution < -0.4 is 5.32 Å². The third-order valence-electron chi connectivity index (χ3n) is 3.70. The van der Waals surface area contributed by atoms with Gasteiger partial charge in [-0.15, -0.1) is 0 Å². The van der Waals surface area contributed by atoms with Gasteiger partial charge in [0.1, 0.15) is 0 Å². The van der Waals surface area contributed by atoms with E-state index in [9.17, 15) is 0 Å². The predicted molar refractivity (Wildman–Crippen MR) is 85.5 cm³/mol. The molecule has 0 aliphatic carbocycles. The molecule has 1 aromatic carbocycles. The largest absolute Gasteiger partial charge is 0.382 e. The quantitative estimate of drug-likeness (QED) is 0.882. The van der Waals surface area contributed by atoms with Crippen LogP contribution >= 0.6 is 23.4 Å². The lowest BCUT2D eigenvalue weighted by molar-refractivity contribution is 0.0904. The third kappa shape index (κ3) is 4.04. The lowest BCUT2D eigenvalue weighted by Gasteiger charge is -2.27. The fraction of sp³-hybridized carbons (Fsp3) is 0.600. The van der Waals surface area contributed by atoms with E-state index in [0.29, 0.717) is 6.04 Å². The molecule has 106 valence electrons. The van der Waals surface area contributed by atoms with E-state index in [-0.39, 0.29) is 4.75 Å².